The maximum absolute atomic E-state index is 12.9. The van der Waals surface area contributed by atoms with Gasteiger partial charge < -0.3 is 14.2 Å². The highest BCUT2D eigenvalue weighted by atomic mass is 32.2. The van der Waals surface area contributed by atoms with Crippen molar-refractivity contribution < 1.29 is 23.8 Å². The Morgan fingerprint density at radius 3 is 2.43 bits per heavy atom. The highest BCUT2D eigenvalue weighted by Gasteiger charge is 2.35. The van der Waals surface area contributed by atoms with E-state index >= 15 is 0 Å². The van der Waals surface area contributed by atoms with Gasteiger partial charge in [-0.25, -0.2) is 0 Å². The molecule has 2 amide bonds. The molecule has 3 aromatic carbocycles. The minimum Gasteiger partial charge on any atom is -0.490 e. The lowest BCUT2D eigenvalue weighted by Crippen LogP contribution is -2.27. The molecule has 0 bridgehead atoms. The van der Waals surface area contributed by atoms with Gasteiger partial charge in [0.2, 0.25) is 0 Å². The molecule has 0 spiro atoms. The lowest BCUT2D eigenvalue weighted by atomic mass is 10.1. The predicted octanol–water partition coefficient (Wildman–Crippen LogP) is 6.09. The average molecular weight is 490 g/mol. The van der Waals surface area contributed by atoms with E-state index in [-0.39, 0.29) is 17.7 Å². The highest BCUT2D eigenvalue weighted by molar-refractivity contribution is 8.18. The van der Waals surface area contributed by atoms with Crippen molar-refractivity contribution in [3.05, 3.63) is 94.4 Å². The SMILES string of the molecule is CCOc1cc(/C=C2\SC(=O)N(Cc3cccc(C)c3)C2=O)ccc1OCCOc1ccccc1. The third kappa shape index (κ3) is 6.45. The molecule has 6 nitrogen and oxygen atoms in total. The van der Waals surface area contributed by atoms with Crippen LogP contribution >= 0.6 is 11.8 Å². The van der Waals surface area contributed by atoms with Crippen molar-refractivity contribution in [3.63, 3.8) is 0 Å². The number of benzene rings is 3. The summed E-state index contributed by atoms with van der Waals surface area (Å²) < 4.78 is 17.3. The zero-order chi connectivity index (χ0) is 24.6. The summed E-state index contributed by atoms with van der Waals surface area (Å²) in [5.41, 5.74) is 2.76. The summed E-state index contributed by atoms with van der Waals surface area (Å²) in [4.78, 5) is 27.1. The van der Waals surface area contributed by atoms with Crippen LogP contribution in [-0.4, -0.2) is 35.9 Å². The molecule has 0 aliphatic carbocycles. The Bertz CT molecular complexity index is 1230. The molecular weight excluding hydrogens is 462 g/mol. The predicted molar refractivity (Wildman–Crippen MR) is 138 cm³/mol. The maximum Gasteiger partial charge on any atom is 0.293 e. The van der Waals surface area contributed by atoms with E-state index < -0.39 is 0 Å². The smallest absolute Gasteiger partial charge is 0.293 e. The highest BCUT2D eigenvalue weighted by Crippen LogP contribution is 2.35. The van der Waals surface area contributed by atoms with Gasteiger partial charge in [0.25, 0.3) is 11.1 Å². The summed E-state index contributed by atoms with van der Waals surface area (Å²) in [5.74, 6) is 1.65. The third-order valence-electron chi connectivity index (χ3n) is 5.21. The summed E-state index contributed by atoms with van der Waals surface area (Å²) in [6.45, 7) is 5.35. The number of imide groups is 1. The number of rotatable bonds is 10. The van der Waals surface area contributed by atoms with Gasteiger partial charge in [-0.15, -0.1) is 0 Å². The Balaban J connectivity index is 1.42. The molecule has 1 fully saturated rings. The van der Waals surface area contributed by atoms with Crippen LogP contribution in [0, 0.1) is 6.92 Å². The molecule has 3 aromatic rings. The zero-order valence-corrected chi connectivity index (χ0v) is 20.5. The van der Waals surface area contributed by atoms with E-state index in [1.54, 1.807) is 12.1 Å². The quantitative estimate of drug-likeness (QED) is 0.254. The maximum atomic E-state index is 12.9. The molecule has 0 saturated carbocycles. The van der Waals surface area contributed by atoms with E-state index in [4.69, 9.17) is 14.2 Å². The van der Waals surface area contributed by atoms with Gasteiger partial charge in [-0.05, 0) is 67.1 Å². The van der Waals surface area contributed by atoms with Gasteiger partial charge in [-0.1, -0.05) is 54.1 Å². The number of hydrogen-bond acceptors (Lipinski definition) is 6. The zero-order valence-electron chi connectivity index (χ0n) is 19.7. The number of ether oxygens (including phenoxy) is 3. The number of thioether (sulfide) groups is 1. The monoisotopic (exact) mass is 489 g/mol. The van der Waals surface area contributed by atoms with Crippen molar-refractivity contribution in [3.8, 4) is 17.2 Å². The van der Waals surface area contributed by atoms with Gasteiger partial charge >= 0.3 is 0 Å². The Morgan fingerprint density at radius 2 is 1.66 bits per heavy atom. The van der Waals surface area contributed by atoms with E-state index in [1.165, 1.54) is 4.90 Å². The fourth-order valence-electron chi connectivity index (χ4n) is 3.61. The fraction of sp³-hybridized carbons (Fsp3) is 0.214. The van der Waals surface area contributed by atoms with E-state index in [2.05, 4.69) is 0 Å². The van der Waals surface area contributed by atoms with E-state index in [1.807, 2.05) is 80.6 Å². The molecule has 7 heteroatoms. The number of carbonyl (C=O) groups excluding carboxylic acids is 2. The van der Waals surface area contributed by atoms with Crippen LogP contribution in [0.3, 0.4) is 0 Å². The largest absolute Gasteiger partial charge is 0.490 e. The summed E-state index contributed by atoms with van der Waals surface area (Å²) in [6, 6.07) is 22.8. The van der Waals surface area contributed by atoms with Crippen molar-refractivity contribution in [1.29, 1.82) is 0 Å². The topological polar surface area (TPSA) is 65.1 Å². The van der Waals surface area contributed by atoms with Crippen LogP contribution < -0.4 is 14.2 Å². The lowest BCUT2D eigenvalue weighted by Gasteiger charge is -2.13. The number of nitrogens with zero attached hydrogens (tertiary/aromatic N) is 1. The van der Waals surface area contributed by atoms with Crippen LogP contribution in [0.4, 0.5) is 4.79 Å². The summed E-state index contributed by atoms with van der Waals surface area (Å²) in [5, 5.41) is -0.272. The van der Waals surface area contributed by atoms with Gasteiger partial charge in [0.05, 0.1) is 18.1 Å². The van der Waals surface area contributed by atoms with Crippen LogP contribution in [0.25, 0.3) is 6.08 Å². The minimum absolute atomic E-state index is 0.256. The Morgan fingerprint density at radius 1 is 0.857 bits per heavy atom. The first-order chi connectivity index (χ1) is 17.0. The first-order valence-electron chi connectivity index (χ1n) is 11.4. The van der Waals surface area contributed by atoms with Gasteiger partial charge in [0.15, 0.2) is 11.5 Å². The summed E-state index contributed by atoms with van der Waals surface area (Å²) in [7, 11) is 0. The number of amides is 2. The molecule has 35 heavy (non-hydrogen) atoms. The number of aryl methyl sites for hydroxylation is 1. The first kappa shape index (κ1) is 24.4. The molecule has 180 valence electrons. The molecular formula is C28H27NO5S. The molecule has 1 aliphatic rings. The fourth-order valence-corrected chi connectivity index (χ4v) is 4.45. The Kier molecular flexibility index (Phi) is 8.11. The summed E-state index contributed by atoms with van der Waals surface area (Å²) in [6.07, 6.45) is 1.71. The molecule has 0 atom stereocenters. The number of carbonyl (C=O) groups is 2. The number of hydrogen-bond donors (Lipinski definition) is 0. The van der Waals surface area contributed by atoms with Crippen molar-refractivity contribution >= 4 is 29.0 Å². The van der Waals surface area contributed by atoms with Crippen LogP contribution in [0.2, 0.25) is 0 Å². The summed E-state index contributed by atoms with van der Waals surface area (Å²) >= 11 is 0.948. The molecule has 1 heterocycles. The van der Waals surface area contributed by atoms with Crippen molar-refractivity contribution in [1.82, 2.24) is 4.90 Å². The second-order valence-electron chi connectivity index (χ2n) is 7.91. The average Bonchev–Trinajstić information content (AvgIpc) is 3.11. The van der Waals surface area contributed by atoms with Gasteiger partial charge in [-0.2, -0.15) is 0 Å². The van der Waals surface area contributed by atoms with E-state index in [9.17, 15) is 9.59 Å². The molecule has 1 saturated heterocycles. The number of para-hydroxylation sites is 1. The van der Waals surface area contributed by atoms with Crippen LogP contribution in [0.5, 0.6) is 17.2 Å². The Hall–Kier alpha value is -3.71. The third-order valence-corrected chi connectivity index (χ3v) is 6.12. The van der Waals surface area contributed by atoms with E-state index in [0.29, 0.717) is 36.2 Å². The second-order valence-corrected chi connectivity index (χ2v) is 8.90. The normalized spacial score (nSPS) is 14.5. The van der Waals surface area contributed by atoms with Gasteiger partial charge in [0, 0.05) is 0 Å². The minimum atomic E-state index is -0.294. The van der Waals surface area contributed by atoms with Gasteiger partial charge in [0.1, 0.15) is 19.0 Å². The van der Waals surface area contributed by atoms with Crippen LogP contribution in [-0.2, 0) is 11.3 Å². The molecule has 1 aliphatic heterocycles. The van der Waals surface area contributed by atoms with E-state index in [0.717, 1.165) is 34.2 Å². The second kappa shape index (κ2) is 11.6. The van der Waals surface area contributed by atoms with Crippen molar-refractivity contribution in [2.75, 3.05) is 19.8 Å². The first-order valence-corrected chi connectivity index (χ1v) is 12.2. The molecule has 0 aromatic heterocycles. The lowest BCUT2D eigenvalue weighted by molar-refractivity contribution is -0.123. The Labute approximate surface area is 209 Å². The molecule has 0 N–H and O–H groups in total. The van der Waals surface area contributed by atoms with Crippen LogP contribution in [0.15, 0.2) is 77.7 Å². The molecule has 0 unspecified atom stereocenters. The van der Waals surface area contributed by atoms with Crippen molar-refractivity contribution in [2.24, 2.45) is 0 Å². The standard InChI is InChI=1S/C28H27NO5S/c1-3-32-25-17-21(12-13-24(25)34-15-14-33-23-10-5-4-6-11-23)18-26-27(30)29(28(31)35-26)19-22-9-7-8-20(2)16-22/h4-13,16-18H,3,14-15,19H2,1-2H3/b26-18-. The van der Waals surface area contributed by atoms with Gasteiger partial charge in [-0.3, -0.25) is 14.5 Å². The van der Waals surface area contributed by atoms with Crippen molar-refractivity contribution in [2.45, 2.75) is 20.4 Å². The molecule has 4 rings (SSSR count). The molecule has 0 radical (unpaired) electrons. The van der Waals surface area contributed by atoms with Crippen LogP contribution in [0.1, 0.15) is 23.6 Å².